The zero-order valence-electron chi connectivity index (χ0n) is 11.1. The van der Waals surface area contributed by atoms with E-state index in [0.717, 1.165) is 11.1 Å². The van der Waals surface area contributed by atoms with Gasteiger partial charge >= 0.3 is 0 Å². The lowest BCUT2D eigenvalue weighted by atomic mass is 10.0. The Morgan fingerprint density at radius 1 is 0.762 bits per heavy atom. The summed E-state index contributed by atoms with van der Waals surface area (Å²) in [5, 5.41) is 0.690. The fourth-order valence-corrected chi connectivity index (χ4v) is 2.18. The third-order valence-corrected chi connectivity index (χ3v) is 3.34. The average molecular weight is 299 g/mol. The number of hydrogen-bond donors (Lipinski definition) is 0. The van der Waals surface area contributed by atoms with Crippen molar-refractivity contribution in [1.82, 2.24) is 0 Å². The molecule has 0 saturated heterocycles. The molecule has 0 unspecified atom stereocenters. The summed E-state index contributed by atoms with van der Waals surface area (Å²) in [4.78, 5) is 0. The maximum absolute atomic E-state index is 12.9. The van der Waals surface area contributed by atoms with Crippen LogP contribution in [0.25, 0.3) is 11.1 Å². The Hall–Kier alpha value is -2.32. The summed E-state index contributed by atoms with van der Waals surface area (Å²) in [7, 11) is 0. The Labute approximate surface area is 127 Å². The van der Waals surface area contributed by atoms with Crippen molar-refractivity contribution in [3.63, 3.8) is 0 Å². The van der Waals surface area contributed by atoms with E-state index in [1.165, 1.54) is 12.1 Å². The highest BCUT2D eigenvalue weighted by molar-refractivity contribution is 6.30. The highest BCUT2D eigenvalue weighted by atomic mass is 35.5. The van der Waals surface area contributed by atoms with Crippen molar-refractivity contribution in [2.24, 2.45) is 0 Å². The maximum atomic E-state index is 12.9. The lowest BCUT2D eigenvalue weighted by Crippen LogP contribution is -1.88. The van der Waals surface area contributed by atoms with E-state index in [9.17, 15) is 4.39 Å². The van der Waals surface area contributed by atoms with E-state index in [1.54, 1.807) is 12.1 Å². The average Bonchev–Trinajstić information content (AvgIpc) is 2.51. The maximum Gasteiger partial charge on any atom is 0.135 e. The van der Waals surface area contributed by atoms with Crippen LogP contribution in [0.3, 0.4) is 0 Å². The van der Waals surface area contributed by atoms with E-state index >= 15 is 0 Å². The van der Waals surface area contributed by atoms with Crippen molar-refractivity contribution in [2.75, 3.05) is 0 Å². The molecule has 0 aliphatic rings. The first kappa shape index (κ1) is 13.7. The highest BCUT2D eigenvalue weighted by Gasteiger charge is 2.07. The number of benzene rings is 3. The molecule has 0 aromatic heterocycles. The molecule has 0 radical (unpaired) electrons. The van der Waals surface area contributed by atoms with E-state index in [1.807, 2.05) is 48.5 Å². The molecule has 0 heterocycles. The summed E-state index contributed by atoms with van der Waals surface area (Å²) >= 11 is 5.92. The van der Waals surface area contributed by atoms with Gasteiger partial charge in [-0.15, -0.1) is 0 Å². The van der Waals surface area contributed by atoms with E-state index in [-0.39, 0.29) is 5.82 Å². The molecule has 104 valence electrons. The van der Waals surface area contributed by atoms with E-state index < -0.39 is 0 Å². The van der Waals surface area contributed by atoms with Gasteiger partial charge in [-0.2, -0.15) is 0 Å². The van der Waals surface area contributed by atoms with Gasteiger partial charge in [0.05, 0.1) is 0 Å². The lowest BCUT2D eigenvalue weighted by Gasteiger charge is -2.11. The third-order valence-electron chi connectivity index (χ3n) is 3.08. The minimum Gasteiger partial charge on any atom is -0.457 e. The summed E-state index contributed by atoms with van der Waals surface area (Å²) in [5.41, 5.74) is 1.97. The van der Waals surface area contributed by atoms with E-state index in [2.05, 4.69) is 0 Å². The molecule has 0 N–H and O–H groups in total. The smallest absolute Gasteiger partial charge is 0.135 e. The number of para-hydroxylation sites is 1. The fraction of sp³-hybridized carbons (Fsp3) is 0. The van der Waals surface area contributed by atoms with Gasteiger partial charge in [-0.25, -0.2) is 4.39 Å². The number of hydrogen-bond acceptors (Lipinski definition) is 1. The van der Waals surface area contributed by atoms with Crippen LogP contribution < -0.4 is 4.74 Å². The van der Waals surface area contributed by atoms with E-state index in [0.29, 0.717) is 16.5 Å². The molecule has 0 aliphatic carbocycles. The Balaban J connectivity index is 1.96. The minimum atomic E-state index is -0.284. The van der Waals surface area contributed by atoms with Crippen molar-refractivity contribution in [3.05, 3.63) is 83.6 Å². The topological polar surface area (TPSA) is 9.23 Å². The van der Waals surface area contributed by atoms with Gasteiger partial charge in [0.15, 0.2) is 0 Å². The van der Waals surface area contributed by atoms with Crippen LogP contribution in [0.15, 0.2) is 72.8 Å². The van der Waals surface area contributed by atoms with Crippen LogP contribution in [0.4, 0.5) is 4.39 Å². The standard InChI is InChI=1S/C18H12ClFO/c19-14-7-5-13(6-8-14)17-3-1-2-4-18(17)21-16-11-9-15(20)10-12-16/h1-12H. The molecule has 0 amide bonds. The first-order valence-electron chi connectivity index (χ1n) is 6.51. The molecule has 3 heteroatoms. The van der Waals surface area contributed by atoms with Crippen molar-refractivity contribution in [2.45, 2.75) is 0 Å². The van der Waals surface area contributed by atoms with Gasteiger partial charge in [-0.3, -0.25) is 0 Å². The van der Waals surface area contributed by atoms with Gasteiger partial charge in [0.25, 0.3) is 0 Å². The summed E-state index contributed by atoms with van der Waals surface area (Å²) in [6.07, 6.45) is 0. The molecule has 3 rings (SSSR count). The summed E-state index contributed by atoms with van der Waals surface area (Å²) in [6.45, 7) is 0. The summed E-state index contributed by atoms with van der Waals surface area (Å²) in [5.74, 6) is 1.03. The number of halogens is 2. The second kappa shape index (κ2) is 5.98. The molecular formula is C18H12ClFO. The molecule has 1 nitrogen and oxygen atoms in total. The highest BCUT2D eigenvalue weighted by Crippen LogP contribution is 2.33. The second-order valence-electron chi connectivity index (χ2n) is 4.56. The lowest BCUT2D eigenvalue weighted by molar-refractivity contribution is 0.482. The Kier molecular flexibility index (Phi) is 3.89. The Morgan fingerprint density at radius 3 is 2.14 bits per heavy atom. The molecule has 3 aromatic carbocycles. The molecule has 0 saturated carbocycles. The Morgan fingerprint density at radius 2 is 1.43 bits per heavy atom. The van der Waals surface area contributed by atoms with Crippen LogP contribution in [0.1, 0.15) is 0 Å². The Bertz CT molecular complexity index is 736. The van der Waals surface area contributed by atoms with Crippen LogP contribution in [0.2, 0.25) is 5.02 Å². The van der Waals surface area contributed by atoms with Crippen molar-refractivity contribution < 1.29 is 9.13 Å². The van der Waals surface area contributed by atoms with Crippen LogP contribution in [-0.2, 0) is 0 Å². The fourth-order valence-electron chi connectivity index (χ4n) is 2.05. The molecule has 0 bridgehead atoms. The molecule has 0 spiro atoms. The minimum absolute atomic E-state index is 0.284. The largest absolute Gasteiger partial charge is 0.457 e. The normalized spacial score (nSPS) is 10.4. The van der Waals surface area contributed by atoms with Crippen molar-refractivity contribution in [1.29, 1.82) is 0 Å². The molecule has 0 fully saturated rings. The van der Waals surface area contributed by atoms with Gasteiger partial charge in [-0.05, 0) is 48.0 Å². The monoisotopic (exact) mass is 298 g/mol. The first-order chi connectivity index (χ1) is 10.2. The van der Waals surface area contributed by atoms with Gasteiger partial charge < -0.3 is 4.74 Å². The second-order valence-corrected chi connectivity index (χ2v) is 5.00. The summed E-state index contributed by atoms with van der Waals surface area (Å²) in [6, 6.07) is 21.2. The van der Waals surface area contributed by atoms with Crippen LogP contribution in [0, 0.1) is 5.82 Å². The number of ether oxygens (including phenoxy) is 1. The number of rotatable bonds is 3. The summed E-state index contributed by atoms with van der Waals surface area (Å²) < 4.78 is 18.8. The van der Waals surface area contributed by atoms with Gasteiger partial charge in [0.2, 0.25) is 0 Å². The van der Waals surface area contributed by atoms with Gasteiger partial charge in [-0.1, -0.05) is 41.9 Å². The predicted octanol–water partition coefficient (Wildman–Crippen LogP) is 5.94. The zero-order chi connectivity index (χ0) is 14.7. The van der Waals surface area contributed by atoms with E-state index in [4.69, 9.17) is 16.3 Å². The van der Waals surface area contributed by atoms with Crippen LogP contribution in [0.5, 0.6) is 11.5 Å². The van der Waals surface area contributed by atoms with Crippen LogP contribution >= 0.6 is 11.6 Å². The predicted molar refractivity (Wildman–Crippen MR) is 83.4 cm³/mol. The SMILES string of the molecule is Fc1ccc(Oc2ccccc2-c2ccc(Cl)cc2)cc1. The molecular weight excluding hydrogens is 287 g/mol. The molecule has 0 aliphatic heterocycles. The zero-order valence-corrected chi connectivity index (χ0v) is 11.8. The van der Waals surface area contributed by atoms with Gasteiger partial charge in [0.1, 0.15) is 17.3 Å². The van der Waals surface area contributed by atoms with Crippen LogP contribution in [-0.4, -0.2) is 0 Å². The molecule has 3 aromatic rings. The molecule has 21 heavy (non-hydrogen) atoms. The first-order valence-corrected chi connectivity index (χ1v) is 6.88. The van der Waals surface area contributed by atoms with Crippen molar-refractivity contribution >= 4 is 11.6 Å². The molecule has 0 atom stereocenters. The third kappa shape index (κ3) is 3.23. The van der Waals surface area contributed by atoms with Gasteiger partial charge in [0, 0.05) is 10.6 Å². The quantitative estimate of drug-likeness (QED) is 0.581. The van der Waals surface area contributed by atoms with Crippen molar-refractivity contribution in [3.8, 4) is 22.6 Å².